The molecule has 0 amide bonds. The van der Waals surface area contributed by atoms with E-state index in [2.05, 4.69) is 20.8 Å². The van der Waals surface area contributed by atoms with Gasteiger partial charge in [-0.25, -0.2) is 8.78 Å². The monoisotopic (exact) mass is 242 g/mol. The lowest BCUT2D eigenvalue weighted by Crippen LogP contribution is -2.07. The molecule has 0 aliphatic heterocycles. The molecule has 0 aromatic heterocycles. The Morgan fingerprint density at radius 3 is 2.47 bits per heavy atom. The van der Waals surface area contributed by atoms with Crippen molar-refractivity contribution < 1.29 is 13.9 Å². The maximum atomic E-state index is 13.4. The highest BCUT2D eigenvalue weighted by Crippen LogP contribution is 2.27. The van der Waals surface area contributed by atoms with Crippen LogP contribution in [-0.2, 0) is 0 Å². The number of aliphatic hydroxyl groups excluding tert-OH is 1. The lowest BCUT2D eigenvalue weighted by atomic mass is 9.88. The molecule has 1 rings (SSSR count). The summed E-state index contributed by atoms with van der Waals surface area (Å²) in [5.41, 5.74) is 0.249. The summed E-state index contributed by atoms with van der Waals surface area (Å²) in [7, 11) is 0. The van der Waals surface area contributed by atoms with E-state index in [-0.39, 0.29) is 11.0 Å². The first-order chi connectivity index (χ1) is 7.81. The second kappa shape index (κ2) is 5.58. The zero-order valence-electron chi connectivity index (χ0n) is 10.6. The molecule has 96 valence electrons. The third-order valence-electron chi connectivity index (χ3n) is 2.74. The Bertz CT molecular complexity index is 369. The number of hydrogen-bond donors (Lipinski definition) is 1. The summed E-state index contributed by atoms with van der Waals surface area (Å²) >= 11 is 0. The first-order valence-corrected chi connectivity index (χ1v) is 5.93. The topological polar surface area (TPSA) is 20.2 Å². The highest BCUT2D eigenvalue weighted by molar-refractivity contribution is 5.21. The summed E-state index contributed by atoms with van der Waals surface area (Å²) in [4.78, 5) is 0. The Kier molecular flexibility index (Phi) is 4.63. The Balaban J connectivity index is 2.58. The molecule has 1 unspecified atom stereocenters. The molecule has 0 fully saturated rings. The van der Waals surface area contributed by atoms with Crippen molar-refractivity contribution in [1.29, 1.82) is 0 Å². The molecule has 0 aliphatic rings. The van der Waals surface area contributed by atoms with Crippen LogP contribution in [0.5, 0.6) is 0 Å². The van der Waals surface area contributed by atoms with Gasteiger partial charge in [0, 0.05) is 5.56 Å². The second-order valence-corrected chi connectivity index (χ2v) is 5.61. The van der Waals surface area contributed by atoms with Gasteiger partial charge in [0.1, 0.15) is 0 Å². The lowest BCUT2D eigenvalue weighted by molar-refractivity contribution is 0.152. The first-order valence-electron chi connectivity index (χ1n) is 5.93. The number of hydrogen-bond acceptors (Lipinski definition) is 1. The average Bonchev–Trinajstić information content (AvgIpc) is 2.20. The van der Waals surface area contributed by atoms with E-state index >= 15 is 0 Å². The van der Waals surface area contributed by atoms with Gasteiger partial charge in [-0.05, 0) is 24.3 Å². The first kappa shape index (κ1) is 14.1. The summed E-state index contributed by atoms with van der Waals surface area (Å²) in [6.07, 6.45) is 1.27. The van der Waals surface area contributed by atoms with Gasteiger partial charge >= 0.3 is 0 Å². The Morgan fingerprint density at radius 2 is 1.88 bits per heavy atom. The average molecular weight is 242 g/mol. The molecule has 0 spiro atoms. The summed E-state index contributed by atoms with van der Waals surface area (Å²) < 4.78 is 26.3. The van der Waals surface area contributed by atoms with E-state index in [1.165, 1.54) is 12.1 Å². The molecule has 0 bridgehead atoms. The molecule has 0 radical (unpaired) electrons. The third kappa shape index (κ3) is 4.43. The van der Waals surface area contributed by atoms with Crippen molar-refractivity contribution in [3.63, 3.8) is 0 Å². The van der Waals surface area contributed by atoms with Crippen LogP contribution in [-0.4, -0.2) is 5.11 Å². The van der Waals surface area contributed by atoms with Crippen molar-refractivity contribution in [2.75, 3.05) is 0 Å². The Hall–Kier alpha value is -0.960. The summed E-state index contributed by atoms with van der Waals surface area (Å²) in [5, 5.41) is 9.82. The SMILES string of the molecule is CC(C)(C)CCCC(O)c1cccc(F)c1F. The number of aliphatic hydroxyl groups is 1. The minimum Gasteiger partial charge on any atom is -0.388 e. The Morgan fingerprint density at radius 1 is 1.24 bits per heavy atom. The molecule has 1 nitrogen and oxygen atoms in total. The predicted molar refractivity (Wildman–Crippen MR) is 64.6 cm³/mol. The molecule has 17 heavy (non-hydrogen) atoms. The maximum Gasteiger partial charge on any atom is 0.164 e. The highest BCUT2D eigenvalue weighted by Gasteiger charge is 2.17. The molecule has 0 aliphatic carbocycles. The van der Waals surface area contributed by atoms with Crippen LogP contribution in [0.25, 0.3) is 0 Å². The highest BCUT2D eigenvalue weighted by atomic mass is 19.2. The van der Waals surface area contributed by atoms with E-state index in [1.807, 2.05) is 0 Å². The predicted octanol–water partition coefficient (Wildman–Crippen LogP) is 4.21. The van der Waals surface area contributed by atoms with Crippen molar-refractivity contribution in [2.45, 2.75) is 46.1 Å². The van der Waals surface area contributed by atoms with Gasteiger partial charge in [0.05, 0.1) is 6.10 Å². The largest absolute Gasteiger partial charge is 0.388 e. The number of halogens is 2. The van der Waals surface area contributed by atoms with Crippen LogP contribution in [0.4, 0.5) is 8.78 Å². The number of benzene rings is 1. The molecule has 1 N–H and O–H groups in total. The van der Waals surface area contributed by atoms with Crippen LogP contribution in [0, 0.1) is 17.0 Å². The van der Waals surface area contributed by atoms with Crippen molar-refractivity contribution in [2.24, 2.45) is 5.41 Å². The molecule has 0 saturated heterocycles. The van der Waals surface area contributed by atoms with Gasteiger partial charge in [-0.15, -0.1) is 0 Å². The molecule has 0 saturated carbocycles. The molecule has 1 atom stereocenters. The van der Waals surface area contributed by atoms with Gasteiger partial charge in [0.15, 0.2) is 11.6 Å². The van der Waals surface area contributed by atoms with E-state index in [0.29, 0.717) is 6.42 Å². The fourth-order valence-corrected chi connectivity index (χ4v) is 1.76. The molecule has 3 heteroatoms. The van der Waals surface area contributed by atoms with E-state index < -0.39 is 17.7 Å². The van der Waals surface area contributed by atoms with Gasteiger partial charge in [-0.1, -0.05) is 39.3 Å². The molecule has 0 heterocycles. The minimum atomic E-state index is -0.934. The van der Waals surface area contributed by atoms with Crippen LogP contribution < -0.4 is 0 Å². The van der Waals surface area contributed by atoms with Crippen LogP contribution >= 0.6 is 0 Å². The fourth-order valence-electron chi connectivity index (χ4n) is 1.76. The summed E-state index contributed by atoms with van der Waals surface area (Å²) in [6, 6.07) is 3.90. The van der Waals surface area contributed by atoms with Crippen LogP contribution in [0.2, 0.25) is 0 Å². The minimum absolute atomic E-state index is 0.0545. The quantitative estimate of drug-likeness (QED) is 0.838. The zero-order chi connectivity index (χ0) is 13.1. The molecule has 1 aromatic carbocycles. The maximum absolute atomic E-state index is 13.4. The lowest BCUT2D eigenvalue weighted by Gasteiger charge is -2.19. The molecular formula is C14H20F2O. The van der Waals surface area contributed by atoms with Gasteiger partial charge in [-0.2, -0.15) is 0 Å². The van der Waals surface area contributed by atoms with Crippen LogP contribution in [0.1, 0.15) is 51.7 Å². The van der Waals surface area contributed by atoms with Crippen molar-refractivity contribution in [3.8, 4) is 0 Å². The van der Waals surface area contributed by atoms with Gasteiger partial charge < -0.3 is 5.11 Å². The zero-order valence-corrected chi connectivity index (χ0v) is 10.6. The van der Waals surface area contributed by atoms with Gasteiger partial charge in [0.2, 0.25) is 0 Å². The molecular weight excluding hydrogens is 222 g/mol. The fraction of sp³-hybridized carbons (Fsp3) is 0.571. The van der Waals surface area contributed by atoms with E-state index in [4.69, 9.17) is 0 Å². The smallest absolute Gasteiger partial charge is 0.164 e. The van der Waals surface area contributed by atoms with Gasteiger partial charge in [0.25, 0.3) is 0 Å². The standard InChI is InChI=1S/C14H20F2O/c1-14(2,3)9-5-8-12(17)10-6-4-7-11(15)13(10)16/h4,6-7,12,17H,5,8-9H2,1-3H3. The van der Waals surface area contributed by atoms with E-state index in [0.717, 1.165) is 18.9 Å². The number of rotatable bonds is 4. The van der Waals surface area contributed by atoms with Crippen molar-refractivity contribution in [1.82, 2.24) is 0 Å². The van der Waals surface area contributed by atoms with E-state index in [1.54, 1.807) is 0 Å². The Labute approximate surface area is 101 Å². The second-order valence-electron chi connectivity index (χ2n) is 5.61. The van der Waals surface area contributed by atoms with Crippen LogP contribution in [0.3, 0.4) is 0 Å². The normalized spacial score (nSPS) is 13.8. The third-order valence-corrected chi connectivity index (χ3v) is 2.74. The van der Waals surface area contributed by atoms with Crippen molar-refractivity contribution in [3.05, 3.63) is 35.4 Å². The van der Waals surface area contributed by atoms with E-state index in [9.17, 15) is 13.9 Å². The van der Waals surface area contributed by atoms with Crippen LogP contribution in [0.15, 0.2) is 18.2 Å². The summed E-state index contributed by atoms with van der Waals surface area (Å²) in [5.74, 6) is -1.84. The summed E-state index contributed by atoms with van der Waals surface area (Å²) in [6.45, 7) is 6.34. The molecule has 1 aromatic rings. The van der Waals surface area contributed by atoms with Crippen molar-refractivity contribution >= 4 is 0 Å². The van der Waals surface area contributed by atoms with Gasteiger partial charge in [-0.3, -0.25) is 0 Å².